The lowest BCUT2D eigenvalue weighted by atomic mass is 10.5. The molecule has 0 saturated carbocycles. The summed E-state index contributed by atoms with van der Waals surface area (Å²) in [6.45, 7) is -0.277. The second-order valence-corrected chi connectivity index (χ2v) is 4.39. The number of hydrogen-bond donors (Lipinski definition) is 4. The molecule has 5 N–H and O–H groups in total. The molecule has 3 rings (SSSR count). The molecule has 1 fully saturated rings. The number of aromatic nitrogens is 4. The van der Waals surface area contributed by atoms with Crippen molar-refractivity contribution in [3.63, 3.8) is 0 Å². The number of rotatable bonds is 2. The second-order valence-electron chi connectivity index (χ2n) is 4.39. The Labute approximate surface area is 106 Å². The van der Waals surface area contributed by atoms with Crippen molar-refractivity contribution in [3.05, 3.63) is 16.7 Å². The van der Waals surface area contributed by atoms with E-state index in [1.807, 2.05) is 0 Å². The fourth-order valence-corrected chi connectivity index (χ4v) is 2.20. The van der Waals surface area contributed by atoms with Crippen LogP contribution in [0.15, 0.2) is 11.1 Å². The van der Waals surface area contributed by atoms with E-state index in [1.54, 1.807) is 0 Å². The van der Waals surface area contributed by atoms with E-state index in [2.05, 4.69) is 15.0 Å². The second kappa shape index (κ2) is 4.30. The third-order valence-electron chi connectivity index (χ3n) is 3.15. The van der Waals surface area contributed by atoms with Crippen LogP contribution in [0.4, 0.5) is 5.95 Å². The first-order valence-corrected chi connectivity index (χ1v) is 5.77. The predicted molar refractivity (Wildman–Crippen MR) is 64.2 cm³/mol. The fraction of sp³-hybridized carbons (Fsp3) is 0.500. The molecule has 0 radical (unpaired) electrons. The number of aromatic amines is 1. The molecule has 9 nitrogen and oxygen atoms in total. The quantitative estimate of drug-likeness (QED) is 0.480. The van der Waals surface area contributed by atoms with Crippen LogP contribution in [0.2, 0.25) is 0 Å². The molecule has 1 aliphatic rings. The predicted octanol–water partition coefficient (Wildman–Crippen LogP) is -1.66. The Hall–Kier alpha value is -1.97. The number of nitrogens with two attached hydrogens (primary N) is 1. The number of H-pyrrole nitrogens is 1. The molecule has 9 heteroatoms. The first kappa shape index (κ1) is 12.1. The summed E-state index contributed by atoms with van der Waals surface area (Å²) in [6.07, 6.45) is -0.270. The SMILES string of the molecule is Nc1nc2c(ncn2[13C@H]2[13CH2][13C@H](O)[13C@@H]([13CH2]O)O2)c(=O)[nH]1. The average Bonchev–Trinajstić information content (AvgIpc) is 2.92. The number of imidazole rings is 1. The van der Waals surface area contributed by atoms with Gasteiger partial charge in [0.05, 0.1) is 19.0 Å². The molecule has 0 amide bonds. The third-order valence-corrected chi connectivity index (χ3v) is 3.15. The summed E-state index contributed by atoms with van der Waals surface area (Å²) in [5.74, 6) is -0.0171. The van der Waals surface area contributed by atoms with Gasteiger partial charge in [-0.1, -0.05) is 0 Å². The van der Waals surface area contributed by atoms with Gasteiger partial charge in [-0.2, -0.15) is 4.98 Å². The summed E-state index contributed by atoms with van der Waals surface area (Å²) in [4.78, 5) is 22.0. The summed E-state index contributed by atoms with van der Waals surface area (Å²) in [7, 11) is 0. The van der Waals surface area contributed by atoms with Gasteiger partial charge in [0.2, 0.25) is 5.95 Å². The first-order valence-electron chi connectivity index (χ1n) is 5.77. The lowest BCUT2D eigenvalue weighted by molar-refractivity contribution is -0.0432. The van der Waals surface area contributed by atoms with Crippen LogP contribution in [0.5, 0.6) is 0 Å². The number of aliphatic hydroxyl groups excluding tert-OH is 2. The summed E-state index contributed by atoms with van der Waals surface area (Å²) in [6, 6.07) is 0. The molecule has 2 aromatic rings. The van der Waals surface area contributed by atoms with Crippen molar-refractivity contribution >= 4 is 17.1 Å². The van der Waals surface area contributed by atoms with Gasteiger partial charge in [-0.25, -0.2) is 4.98 Å². The highest BCUT2D eigenvalue weighted by atomic mass is 16.7. The van der Waals surface area contributed by atoms with Gasteiger partial charge in [0.15, 0.2) is 11.2 Å². The molecule has 0 bridgehead atoms. The van der Waals surface area contributed by atoms with E-state index < -0.39 is 24.0 Å². The van der Waals surface area contributed by atoms with E-state index in [1.165, 1.54) is 10.9 Å². The van der Waals surface area contributed by atoms with Gasteiger partial charge in [0.25, 0.3) is 5.56 Å². The van der Waals surface area contributed by atoms with Gasteiger partial charge in [0, 0.05) is 6.42 Å². The van der Waals surface area contributed by atoms with Gasteiger partial charge < -0.3 is 20.7 Å². The Kier molecular flexibility index (Phi) is 2.73. The Bertz CT molecular complexity index is 665. The molecule has 19 heavy (non-hydrogen) atoms. The van der Waals surface area contributed by atoms with Crippen LogP contribution in [0, 0.1) is 0 Å². The molecule has 3 heterocycles. The number of ether oxygens (including phenoxy) is 1. The van der Waals surface area contributed by atoms with Crippen LogP contribution < -0.4 is 11.3 Å². The minimum absolute atomic E-state index is 0.0171. The molecule has 0 aromatic carbocycles. The monoisotopic (exact) mass is 272 g/mol. The van der Waals surface area contributed by atoms with Crippen LogP contribution in [-0.4, -0.2) is 48.5 Å². The zero-order valence-electron chi connectivity index (χ0n) is 9.85. The van der Waals surface area contributed by atoms with Crippen LogP contribution in [-0.2, 0) is 4.74 Å². The highest BCUT2D eigenvalue weighted by Gasteiger charge is 2.35. The Balaban J connectivity index is 2.05. The molecule has 1 saturated heterocycles. The number of nitrogens with zero attached hydrogens (tertiary/aromatic N) is 3. The van der Waals surface area contributed by atoms with Crippen molar-refractivity contribution < 1.29 is 14.9 Å². The zero-order chi connectivity index (χ0) is 13.6. The standard InChI is InChI=1S/C10H13N5O4/c11-10-13-8-7(9(18)14-10)12-3-15(8)6-1-4(17)5(2-16)19-6/h3-6,16-17H,1-2H2,(H3,11,13,14,18)/t4-,5+,6+/m0/s1/i1+1,2+1,4+1,5+1,6+1. The largest absolute Gasteiger partial charge is 0.394 e. The summed E-state index contributed by atoms with van der Waals surface area (Å²) < 4.78 is 7.01. The molecular formula is C10H13N5O4. The summed E-state index contributed by atoms with van der Waals surface area (Å²) in [5.41, 5.74) is 5.50. The number of aliphatic hydroxyl groups is 2. The number of anilines is 1. The van der Waals surface area contributed by atoms with Crippen molar-refractivity contribution in [2.75, 3.05) is 12.3 Å². The Morgan fingerprint density at radius 2 is 2.42 bits per heavy atom. The van der Waals surface area contributed by atoms with Gasteiger partial charge in [-0.15, -0.1) is 0 Å². The summed E-state index contributed by atoms with van der Waals surface area (Å²) in [5, 5.41) is 18.8. The molecule has 0 aliphatic carbocycles. The molecular weight excluding hydrogens is 259 g/mol. The molecule has 3 atom stereocenters. The van der Waals surface area contributed by atoms with Crippen molar-refractivity contribution in [1.29, 1.82) is 0 Å². The number of fused-ring (bicyclic) bond motifs is 1. The van der Waals surface area contributed by atoms with E-state index in [4.69, 9.17) is 15.6 Å². The molecule has 0 spiro atoms. The van der Waals surface area contributed by atoms with Gasteiger partial charge >= 0.3 is 0 Å². The Morgan fingerprint density at radius 1 is 1.63 bits per heavy atom. The van der Waals surface area contributed by atoms with E-state index in [-0.39, 0.29) is 30.1 Å². The van der Waals surface area contributed by atoms with Gasteiger partial charge in [-0.3, -0.25) is 14.3 Å². The van der Waals surface area contributed by atoms with Crippen molar-refractivity contribution in [2.24, 2.45) is 0 Å². The van der Waals surface area contributed by atoms with Crippen LogP contribution >= 0.6 is 0 Å². The minimum atomic E-state index is -0.771. The molecule has 1 aliphatic heterocycles. The fourth-order valence-electron chi connectivity index (χ4n) is 2.20. The van der Waals surface area contributed by atoms with Crippen molar-refractivity contribution in [3.8, 4) is 0 Å². The van der Waals surface area contributed by atoms with Gasteiger partial charge in [-0.05, 0) is 0 Å². The molecule has 0 unspecified atom stereocenters. The normalized spacial score (nSPS) is 27.2. The minimum Gasteiger partial charge on any atom is -0.394 e. The van der Waals surface area contributed by atoms with Crippen molar-refractivity contribution in [2.45, 2.75) is 24.9 Å². The zero-order valence-corrected chi connectivity index (χ0v) is 9.85. The number of nitrogen functional groups attached to an aromatic ring is 1. The Morgan fingerprint density at radius 3 is 3.11 bits per heavy atom. The number of hydrogen-bond acceptors (Lipinski definition) is 7. The maximum Gasteiger partial charge on any atom is 0.280 e. The van der Waals surface area contributed by atoms with Crippen LogP contribution in [0.25, 0.3) is 11.2 Å². The van der Waals surface area contributed by atoms with E-state index in [0.717, 1.165) is 0 Å². The van der Waals surface area contributed by atoms with Crippen LogP contribution in [0.3, 0.4) is 0 Å². The van der Waals surface area contributed by atoms with E-state index in [9.17, 15) is 9.90 Å². The first-order chi connectivity index (χ1) is 9.10. The maximum atomic E-state index is 11.6. The van der Waals surface area contributed by atoms with Gasteiger partial charge in [0.1, 0.15) is 12.3 Å². The summed E-state index contributed by atoms with van der Waals surface area (Å²) >= 11 is 0. The highest BCUT2D eigenvalue weighted by Crippen LogP contribution is 2.30. The molecule has 2 aromatic heterocycles. The maximum absolute atomic E-state index is 11.6. The van der Waals surface area contributed by atoms with E-state index >= 15 is 0 Å². The van der Waals surface area contributed by atoms with Crippen molar-refractivity contribution in [1.82, 2.24) is 19.5 Å². The third kappa shape index (κ3) is 1.87. The molecule has 102 valence electrons. The average molecular weight is 272 g/mol. The smallest absolute Gasteiger partial charge is 0.280 e. The highest BCUT2D eigenvalue weighted by molar-refractivity contribution is 5.70. The number of nitrogens with one attached hydrogen (secondary N) is 1. The topological polar surface area (TPSA) is 139 Å². The lowest BCUT2D eigenvalue weighted by Gasteiger charge is -2.13. The van der Waals surface area contributed by atoms with E-state index in [0.29, 0.717) is 0 Å². The lowest BCUT2D eigenvalue weighted by Crippen LogP contribution is -2.24. The van der Waals surface area contributed by atoms with Crippen LogP contribution in [0.1, 0.15) is 12.6 Å².